The Bertz CT molecular complexity index is 1310. The Morgan fingerprint density at radius 1 is 0.974 bits per heavy atom. The van der Waals surface area contributed by atoms with Gasteiger partial charge in [-0.3, -0.25) is 9.59 Å². The number of aliphatic hydroxyl groups is 1. The molecule has 38 heavy (non-hydrogen) atoms. The molecule has 1 atom stereocenters. The molecule has 0 aromatic heterocycles. The number of carbonyl (C=O) groups excluding carboxylic acids is 2. The molecule has 1 fully saturated rings. The summed E-state index contributed by atoms with van der Waals surface area (Å²) in [5, 5.41) is 11.5. The molecule has 6 nitrogen and oxygen atoms in total. The Morgan fingerprint density at radius 3 is 2.32 bits per heavy atom. The lowest BCUT2D eigenvalue weighted by Gasteiger charge is -2.26. The van der Waals surface area contributed by atoms with E-state index < -0.39 is 17.7 Å². The first kappa shape index (κ1) is 27.1. The number of rotatable bonds is 10. The van der Waals surface area contributed by atoms with Gasteiger partial charge in [-0.05, 0) is 80.9 Å². The van der Waals surface area contributed by atoms with Crippen LogP contribution in [0.25, 0.3) is 5.76 Å². The topological polar surface area (TPSA) is 70.1 Å². The van der Waals surface area contributed by atoms with Gasteiger partial charge in [-0.2, -0.15) is 0 Å². The zero-order chi connectivity index (χ0) is 27.2. The molecule has 1 N–H and O–H groups in total. The second-order valence-corrected chi connectivity index (χ2v) is 10.00. The van der Waals surface area contributed by atoms with Gasteiger partial charge >= 0.3 is 0 Å². The van der Waals surface area contributed by atoms with Gasteiger partial charge in [-0.15, -0.1) is 0 Å². The number of aryl methyl sites for hydroxylation is 2. The number of amides is 1. The van der Waals surface area contributed by atoms with Crippen LogP contribution in [-0.2, 0) is 22.6 Å². The monoisotopic (exact) mass is 512 g/mol. The largest absolute Gasteiger partial charge is 0.507 e. The lowest BCUT2D eigenvalue weighted by atomic mass is 9.93. The van der Waals surface area contributed by atoms with Crippen molar-refractivity contribution in [2.24, 2.45) is 0 Å². The molecule has 1 heterocycles. The molecule has 3 aromatic rings. The van der Waals surface area contributed by atoms with Crippen molar-refractivity contribution >= 4 is 17.4 Å². The van der Waals surface area contributed by atoms with Crippen LogP contribution in [0, 0.1) is 6.92 Å². The molecule has 0 aliphatic carbocycles. The van der Waals surface area contributed by atoms with Crippen LogP contribution < -0.4 is 4.74 Å². The maximum Gasteiger partial charge on any atom is 0.295 e. The second-order valence-electron chi connectivity index (χ2n) is 10.00. The van der Waals surface area contributed by atoms with Gasteiger partial charge in [-0.25, -0.2) is 0 Å². The van der Waals surface area contributed by atoms with Crippen LogP contribution in [0.5, 0.6) is 5.75 Å². The highest BCUT2D eigenvalue weighted by Crippen LogP contribution is 2.40. The van der Waals surface area contributed by atoms with Gasteiger partial charge in [0.2, 0.25) is 0 Å². The molecule has 1 saturated heterocycles. The Kier molecular flexibility index (Phi) is 8.64. The second kappa shape index (κ2) is 12.1. The first-order chi connectivity index (χ1) is 18.3. The fourth-order valence-electron chi connectivity index (χ4n) is 4.83. The van der Waals surface area contributed by atoms with Crippen LogP contribution in [0.1, 0.15) is 47.2 Å². The van der Waals surface area contributed by atoms with Crippen LogP contribution in [0.3, 0.4) is 0 Å². The standard InChI is InChI=1S/C32H36N2O4/c1-5-23-12-14-25(15-13-23)29-28(31(36)32(37)34(29)19-9-18-33(3)4)30(35)27-17-16-26(20-22(27)2)38-21-24-10-7-6-8-11-24/h6-8,10-17,20,29,35H,5,9,18-19,21H2,1-4H3/t29-/m1/s1. The Hall–Kier alpha value is -3.90. The van der Waals surface area contributed by atoms with Crippen LogP contribution in [-0.4, -0.2) is 53.8 Å². The van der Waals surface area contributed by atoms with Crippen LogP contribution in [0.4, 0.5) is 0 Å². The van der Waals surface area contributed by atoms with Crippen molar-refractivity contribution in [1.29, 1.82) is 0 Å². The molecule has 1 amide bonds. The van der Waals surface area contributed by atoms with Crippen molar-refractivity contribution in [1.82, 2.24) is 9.80 Å². The highest BCUT2D eigenvalue weighted by atomic mass is 16.5. The summed E-state index contributed by atoms with van der Waals surface area (Å²) in [7, 11) is 3.95. The molecule has 0 saturated carbocycles. The first-order valence-corrected chi connectivity index (χ1v) is 13.1. The van der Waals surface area contributed by atoms with E-state index in [-0.39, 0.29) is 11.3 Å². The number of ether oxygens (including phenoxy) is 1. The molecule has 0 spiro atoms. The number of nitrogens with zero attached hydrogens (tertiary/aromatic N) is 2. The van der Waals surface area contributed by atoms with E-state index in [1.165, 1.54) is 5.56 Å². The molecule has 4 rings (SSSR count). The summed E-state index contributed by atoms with van der Waals surface area (Å²) >= 11 is 0. The molecule has 6 heteroatoms. The van der Waals surface area contributed by atoms with Crippen molar-refractivity contribution in [3.05, 3.63) is 106 Å². The van der Waals surface area contributed by atoms with Gasteiger partial charge in [0, 0.05) is 12.1 Å². The van der Waals surface area contributed by atoms with E-state index in [1.54, 1.807) is 17.0 Å². The smallest absolute Gasteiger partial charge is 0.295 e. The number of hydrogen-bond acceptors (Lipinski definition) is 5. The summed E-state index contributed by atoms with van der Waals surface area (Å²) in [6, 6.07) is 22.6. The third-order valence-corrected chi connectivity index (χ3v) is 6.95. The van der Waals surface area contributed by atoms with E-state index in [4.69, 9.17) is 4.74 Å². The molecular formula is C32H36N2O4. The fourth-order valence-corrected chi connectivity index (χ4v) is 4.83. The molecule has 1 aliphatic heterocycles. The van der Waals surface area contributed by atoms with Crippen molar-refractivity contribution in [3.63, 3.8) is 0 Å². The summed E-state index contributed by atoms with van der Waals surface area (Å²) in [4.78, 5) is 30.2. The SMILES string of the molecule is CCc1ccc([C@@H]2C(=C(O)c3ccc(OCc4ccccc4)cc3C)C(=O)C(=O)N2CCCN(C)C)cc1. The van der Waals surface area contributed by atoms with E-state index in [2.05, 4.69) is 6.92 Å². The Labute approximate surface area is 225 Å². The van der Waals surface area contributed by atoms with Crippen molar-refractivity contribution in [2.45, 2.75) is 39.3 Å². The molecule has 0 radical (unpaired) electrons. The maximum atomic E-state index is 13.3. The highest BCUT2D eigenvalue weighted by Gasteiger charge is 2.45. The predicted octanol–water partition coefficient (Wildman–Crippen LogP) is 5.51. The average molecular weight is 513 g/mol. The summed E-state index contributed by atoms with van der Waals surface area (Å²) in [5.74, 6) is -0.718. The molecule has 1 aliphatic rings. The maximum absolute atomic E-state index is 13.3. The molecular weight excluding hydrogens is 476 g/mol. The minimum absolute atomic E-state index is 0.130. The average Bonchev–Trinajstić information content (AvgIpc) is 3.17. The third kappa shape index (κ3) is 5.97. The van der Waals surface area contributed by atoms with E-state index in [0.29, 0.717) is 24.5 Å². The summed E-state index contributed by atoms with van der Waals surface area (Å²) in [5.41, 5.74) is 4.43. The van der Waals surface area contributed by atoms with Gasteiger partial charge in [0.25, 0.3) is 11.7 Å². The minimum atomic E-state index is -0.652. The number of carbonyl (C=O) groups is 2. The van der Waals surface area contributed by atoms with Gasteiger partial charge in [-0.1, -0.05) is 61.5 Å². The van der Waals surface area contributed by atoms with Crippen LogP contribution in [0.2, 0.25) is 0 Å². The van der Waals surface area contributed by atoms with Crippen molar-refractivity contribution in [2.75, 3.05) is 27.2 Å². The Balaban J connectivity index is 1.68. The number of benzene rings is 3. The minimum Gasteiger partial charge on any atom is -0.507 e. The predicted molar refractivity (Wildman–Crippen MR) is 150 cm³/mol. The van der Waals surface area contributed by atoms with Gasteiger partial charge in [0.1, 0.15) is 18.1 Å². The van der Waals surface area contributed by atoms with Crippen molar-refractivity contribution in [3.8, 4) is 5.75 Å². The molecule has 3 aromatic carbocycles. The number of aliphatic hydroxyl groups excluding tert-OH is 1. The molecule has 0 unspecified atom stereocenters. The summed E-state index contributed by atoms with van der Waals surface area (Å²) < 4.78 is 5.93. The van der Waals surface area contributed by atoms with Gasteiger partial charge < -0.3 is 19.6 Å². The van der Waals surface area contributed by atoms with E-state index in [1.807, 2.05) is 86.6 Å². The summed E-state index contributed by atoms with van der Waals surface area (Å²) in [6.45, 7) is 5.58. The molecule has 0 bridgehead atoms. The molecule has 198 valence electrons. The number of Topliss-reactive ketones (excluding diaryl/α,β-unsaturated/α-hetero) is 1. The third-order valence-electron chi connectivity index (χ3n) is 6.95. The van der Waals surface area contributed by atoms with E-state index in [0.717, 1.165) is 36.1 Å². The summed E-state index contributed by atoms with van der Waals surface area (Å²) in [6.07, 6.45) is 1.61. The highest BCUT2D eigenvalue weighted by molar-refractivity contribution is 6.46. The number of likely N-dealkylation sites (tertiary alicyclic amines) is 1. The van der Waals surface area contributed by atoms with Crippen LogP contribution >= 0.6 is 0 Å². The Morgan fingerprint density at radius 2 is 1.68 bits per heavy atom. The quantitative estimate of drug-likeness (QED) is 0.220. The first-order valence-electron chi connectivity index (χ1n) is 13.1. The lowest BCUT2D eigenvalue weighted by molar-refractivity contribution is -0.139. The number of hydrogen-bond donors (Lipinski definition) is 1. The zero-order valence-corrected chi connectivity index (χ0v) is 22.6. The van der Waals surface area contributed by atoms with Crippen molar-refractivity contribution < 1.29 is 19.4 Å². The van der Waals surface area contributed by atoms with E-state index >= 15 is 0 Å². The number of ketones is 1. The van der Waals surface area contributed by atoms with E-state index in [9.17, 15) is 14.7 Å². The zero-order valence-electron chi connectivity index (χ0n) is 22.6. The van der Waals surface area contributed by atoms with Gasteiger partial charge in [0.15, 0.2) is 0 Å². The lowest BCUT2D eigenvalue weighted by Crippen LogP contribution is -2.32. The fraction of sp³-hybridized carbons (Fsp3) is 0.312. The van der Waals surface area contributed by atoms with Gasteiger partial charge in [0.05, 0.1) is 11.6 Å². The normalized spacial score (nSPS) is 16.9. The van der Waals surface area contributed by atoms with Crippen LogP contribution in [0.15, 0.2) is 78.4 Å².